The van der Waals surface area contributed by atoms with Gasteiger partial charge in [0.15, 0.2) is 11.5 Å². The number of imide groups is 1. The van der Waals surface area contributed by atoms with E-state index in [1.807, 2.05) is 0 Å². The summed E-state index contributed by atoms with van der Waals surface area (Å²) in [6.07, 6.45) is 1.57. The molecule has 0 radical (unpaired) electrons. The van der Waals surface area contributed by atoms with Crippen LogP contribution in [0.25, 0.3) is 6.08 Å². The molecule has 3 aromatic carbocycles. The summed E-state index contributed by atoms with van der Waals surface area (Å²) in [7, 11) is 1.45. The first kappa shape index (κ1) is 23.9. The number of thioether (sulfide) groups is 1. The van der Waals surface area contributed by atoms with Crippen LogP contribution in [-0.4, -0.2) is 29.1 Å². The van der Waals surface area contributed by atoms with Crippen LogP contribution in [0, 0.1) is 0 Å². The number of methoxy groups -OCH3 is 1. The molecule has 34 heavy (non-hydrogen) atoms. The monoisotopic (exact) mass is 513 g/mol. The lowest BCUT2D eigenvalue weighted by Crippen LogP contribution is -2.27. The average molecular weight is 514 g/mol. The van der Waals surface area contributed by atoms with Crippen LogP contribution in [0.1, 0.15) is 21.5 Å². The van der Waals surface area contributed by atoms with Gasteiger partial charge in [0.2, 0.25) is 0 Å². The lowest BCUT2D eigenvalue weighted by atomic mass is 10.1. The summed E-state index contributed by atoms with van der Waals surface area (Å²) in [5.74, 6) is -0.510. The molecule has 0 aliphatic carbocycles. The van der Waals surface area contributed by atoms with Gasteiger partial charge >= 0.3 is 5.97 Å². The predicted molar refractivity (Wildman–Crippen MR) is 132 cm³/mol. The molecule has 0 atom stereocenters. The summed E-state index contributed by atoms with van der Waals surface area (Å²) in [4.78, 5) is 39.3. The summed E-state index contributed by atoms with van der Waals surface area (Å²) >= 11 is 12.7. The van der Waals surface area contributed by atoms with Crippen LogP contribution in [0.5, 0.6) is 11.5 Å². The molecule has 1 heterocycles. The van der Waals surface area contributed by atoms with E-state index in [2.05, 4.69) is 0 Å². The minimum Gasteiger partial charge on any atom is -0.493 e. The molecule has 172 valence electrons. The molecule has 0 unspecified atom stereocenters. The van der Waals surface area contributed by atoms with Crippen LogP contribution in [0.15, 0.2) is 71.6 Å². The van der Waals surface area contributed by atoms with Crippen molar-refractivity contribution in [3.8, 4) is 11.5 Å². The fourth-order valence-electron chi connectivity index (χ4n) is 3.20. The number of carbonyl (C=O) groups excluding carboxylic acids is 3. The van der Waals surface area contributed by atoms with Gasteiger partial charge in [-0.2, -0.15) is 0 Å². The molecule has 0 aromatic heterocycles. The van der Waals surface area contributed by atoms with E-state index in [1.165, 1.54) is 18.1 Å². The molecule has 6 nitrogen and oxygen atoms in total. The first-order valence-electron chi connectivity index (χ1n) is 9.99. The third-order valence-corrected chi connectivity index (χ3v) is 6.27. The normalized spacial score (nSPS) is 14.6. The van der Waals surface area contributed by atoms with Gasteiger partial charge in [-0.15, -0.1) is 0 Å². The van der Waals surface area contributed by atoms with Crippen molar-refractivity contribution in [2.45, 2.75) is 6.54 Å². The summed E-state index contributed by atoms with van der Waals surface area (Å²) in [6.45, 7) is 0.143. The SMILES string of the molecule is COc1ccc(/C=C2\SC(=O)N(Cc3ccc(Cl)cc3)C2=O)cc1OC(=O)c1cccc(Cl)c1. The Hall–Kier alpha value is -3.26. The number of esters is 1. The molecule has 1 aliphatic rings. The Morgan fingerprint density at radius 2 is 1.74 bits per heavy atom. The zero-order chi connectivity index (χ0) is 24.2. The second kappa shape index (κ2) is 10.3. The van der Waals surface area contributed by atoms with Gasteiger partial charge in [0, 0.05) is 10.0 Å². The lowest BCUT2D eigenvalue weighted by molar-refractivity contribution is -0.123. The molecular formula is C25H17Cl2NO5S. The van der Waals surface area contributed by atoms with Crippen molar-refractivity contribution in [1.29, 1.82) is 0 Å². The van der Waals surface area contributed by atoms with Crippen molar-refractivity contribution in [1.82, 2.24) is 4.90 Å². The largest absolute Gasteiger partial charge is 0.493 e. The molecule has 9 heteroatoms. The molecular weight excluding hydrogens is 497 g/mol. The molecule has 2 amide bonds. The Bertz CT molecular complexity index is 1310. The quantitative estimate of drug-likeness (QED) is 0.214. The first-order chi connectivity index (χ1) is 16.3. The van der Waals surface area contributed by atoms with E-state index in [4.69, 9.17) is 32.7 Å². The van der Waals surface area contributed by atoms with Gasteiger partial charge in [0.05, 0.1) is 24.1 Å². The van der Waals surface area contributed by atoms with E-state index in [0.29, 0.717) is 21.4 Å². The topological polar surface area (TPSA) is 72.9 Å². The molecule has 0 spiro atoms. The van der Waals surface area contributed by atoms with Crippen molar-refractivity contribution < 1.29 is 23.9 Å². The highest BCUT2D eigenvalue weighted by atomic mass is 35.5. The maximum Gasteiger partial charge on any atom is 0.343 e. The van der Waals surface area contributed by atoms with E-state index in [-0.39, 0.29) is 28.0 Å². The number of hydrogen-bond donors (Lipinski definition) is 0. The molecule has 3 aromatic rings. The number of halogens is 2. The van der Waals surface area contributed by atoms with Crippen molar-refractivity contribution >= 4 is 58.2 Å². The predicted octanol–water partition coefficient (Wildman–Crippen LogP) is 6.46. The minimum absolute atomic E-state index is 0.143. The molecule has 1 saturated heterocycles. The van der Waals surface area contributed by atoms with Gasteiger partial charge in [-0.25, -0.2) is 4.79 Å². The number of carbonyl (C=O) groups is 3. The Morgan fingerprint density at radius 1 is 0.971 bits per heavy atom. The summed E-state index contributed by atoms with van der Waals surface area (Å²) in [6, 6.07) is 18.2. The molecule has 0 N–H and O–H groups in total. The minimum atomic E-state index is -0.610. The number of hydrogen-bond acceptors (Lipinski definition) is 6. The molecule has 0 saturated carbocycles. The number of ether oxygens (including phenoxy) is 2. The maximum absolute atomic E-state index is 12.9. The first-order valence-corrected chi connectivity index (χ1v) is 11.6. The van der Waals surface area contributed by atoms with Crippen LogP contribution in [0.3, 0.4) is 0 Å². The fraction of sp³-hybridized carbons (Fsp3) is 0.0800. The number of benzene rings is 3. The van der Waals surface area contributed by atoms with Gasteiger partial charge in [-0.05, 0) is 71.4 Å². The molecule has 1 fully saturated rings. The molecule has 1 aliphatic heterocycles. The van der Waals surface area contributed by atoms with Gasteiger partial charge in [-0.1, -0.05) is 47.5 Å². The van der Waals surface area contributed by atoms with Crippen molar-refractivity contribution in [3.05, 3.63) is 98.4 Å². The van der Waals surface area contributed by atoms with E-state index in [1.54, 1.807) is 66.7 Å². The fourth-order valence-corrected chi connectivity index (χ4v) is 4.35. The van der Waals surface area contributed by atoms with Crippen molar-refractivity contribution in [3.63, 3.8) is 0 Å². The van der Waals surface area contributed by atoms with Crippen LogP contribution in [-0.2, 0) is 11.3 Å². The zero-order valence-corrected chi connectivity index (χ0v) is 20.1. The Kier molecular flexibility index (Phi) is 7.26. The molecule has 4 rings (SSSR count). The highest BCUT2D eigenvalue weighted by Crippen LogP contribution is 2.35. The summed E-state index contributed by atoms with van der Waals surface area (Å²) in [5.41, 5.74) is 1.63. The third-order valence-electron chi connectivity index (χ3n) is 4.88. The third kappa shape index (κ3) is 5.44. The number of rotatable bonds is 6. The Morgan fingerprint density at radius 3 is 2.44 bits per heavy atom. The van der Waals surface area contributed by atoms with Gasteiger partial charge in [0.25, 0.3) is 11.1 Å². The van der Waals surface area contributed by atoms with E-state index >= 15 is 0 Å². The smallest absolute Gasteiger partial charge is 0.343 e. The van der Waals surface area contributed by atoms with Gasteiger partial charge < -0.3 is 9.47 Å². The zero-order valence-electron chi connectivity index (χ0n) is 17.8. The van der Waals surface area contributed by atoms with Crippen LogP contribution >= 0.6 is 35.0 Å². The van der Waals surface area contributed by atoms with E-state index < -0.39 is 11.9 Å². The van der Waals surface area contributed by atoms with Crippen LogP contribution in [0.2, 0.25) is 10.0 Å². The summed E-state index contributed by atoms with van der Waals surface area (Å²) in [5, 5.41) is 0.612. The highest BCUT2D eigenvalue weighted by Gasteiger charge is 2.35. The second-order valence-corrected chi connectivity index (χ2v) is 9.07. The van der Waals surface area contributed by atoms with Crippen molar-refractivity contribution in [2.75, 3.05) is 7.11 Å². The lowest BCUT2D eigenvalue weighted by Gasteiger charge is -2.12. The van der Waals surface area contributed by atoms with Crippen molar-refractivity contribution in [2.24, 2.45) is 0 Å². The highest BCUT2D eigenvalue weighted by molar-refractivity contribution is 8.18. The average Bonchev–Trinajstić information content (AvgIpc) is 3.08. The van der Waals surface area contributed by atoms with Gasteiger partial charge in [-0.3, -0.25) is 14.5 Å². The van der Waals surface area contributed by atoms with E-state index in [9.17, 15) is 14.4 Å². The van der Waals surface area contributed by atoms with Crippen LogP contribution < -0.4 is 9.47 Å². The van der Waals surface area contributed by atoms with E-state index in [0.717, 1.165) is 17.3 Å². The maximum atomic E-state index is 12.9. The number of nitrogens with zero attached hydrogens (tertiary/aromatic N) is 1. The molecule has 0 bridgehead atoms. The summed E-state index contributed by atoms with van der Waals surface area (Å²) < 4.78 is 10.8. The second-order valence-electron chi connectivity index (χ2n) is 7.20. The van der Waals surface area contributed by atoms with Crippen LogP contribution in [0.4, 0.5) is 4.79 Å². The Balaban J connectivity index is 1.55. The standard InChI is InChI=1S/C25H17Cl2NO5S/c1-32-20-10-7-16(11-21(20)33-24(30)17-3-2-4-19(27)13-17)12-22-23(29)28(25(31)34-22)14-15-5-8-18(26)9-6-15/h2-13H,14H2,1H3/b22-12-. The number of amides is 2. The van der Waals surface area contributed by atoms with Gasteiger partial charge in [0.1, 0.15) is 0 Å². The Labute approximate surface area is 210 Å².